The van der Waals surface area contributed by atoms with Crippen molar-refractivity contribution in [3.8, 4) is 5.69 Å². The first-order valence-corrected chi connectivity index (χ1v) is 7.77. The molecule has 1 N–H and O–H groups in total. The number of aliphatic hydroxyl groups excluding tert-OH is 1. The number of aryl methyl sites for hydroxylation is 1. The smallest absolute Gasteiger partial charge is 0.223 e. The van der Waals surface area contributed by atoms with Gasteiger partial charge in [-0.2, -0.15) is 5.10 Å². The van der Waals surface area contributed by atoms with E-state index in [4.69, 9.17) is 5.11 Å². The largest absolute Gasteiger partial charge is 0.395 e. The summed E-state index contributed by atoms with van der Waals surface area (Å²) in [5.74, 6) is 0.129. The van der Waals surface area contributed by atoms with E-state index in [2.05, 4.69) is 5.10 Å². The number of carbonyl (C=O) groups is 1. The Labute approximate surface area is 130 Å². The maximum atomic E-state index is 12.3. The van der Waals surface area contributed by atoms with Crippen molar-refractivity contribution < 1.29 is 9.90 Å². The molecule has 0 atom stereocenters. The molecule has 5 heteroatoms. The maximum Gasteiger partial charge on any atom is 0.223 e. The van der Waals surface area contributed by atoms with Gasteiger partial charge in [-0.3, -0.25) is 4.79 Å². The molecular formula is C17H21N3O2. The van der Waals surface area contributed by atoms with Crippen LogP contribution in [-0.4, -0.2) is 44.9 Å². The number of hydrogen-bond acceptors (Lipinski definition) is 3. The van der Waals surface area contributed by atoms with Crippen molar-refractivity contribution in [1.29, 1.82) is 0 Å². The lowest BCUT2D eigenvalue weighted by Gasteiger charge is -2.21. The molecule has 0 spiro atoms. The molecule has 1 aliphatic rings. The second-order valence-corrected chi connectivity index (χ2v) is 5.67. The van der Waals surface area contributed by atoms with Gasteiger partial charge in [0.25, 0.3) is 0 Å². The molecule has 0 radical (unpaired) electrons. The highest BCUT2D eigenvalue weighted by molar-refractivity contribution is 5.77. The second kappa shape index (κ2) is 6.75. The molecule has 1 amide bonds. The quantitative estimate of drug-likeness (QED) is 0.848. The number of carbonyl (C=O) groups excluding carboxylic acids is 1. The zero-order valence-corrected chi connectivity index (χ0v) is 12.6. The van der Waals surface area contributed by atoms with Crippen LogP contribution in [0.25, 0.3) is 5.69 Å². The monoisotopic (exact) mass is 299 g/mol. The van der Waals surface area contributed by atoms with Crippen LogP contribution in [0, 0.1) is 0 Å². The van der Waals surface area contributed by atoms with Crippen molar-refractivity contribution in [3.05, 3.63) is 48.3 Å². The summed E-state index contributed by atoms with van der Waals surface area (Å²) >= 11 is 0. The average molecular weight is 299 g/mol. The average Bonchev–Trinajstić information content (AvgIpc) is 3.28. The number of aliphatic hydroxyl groups is 1. The van der Waals surface area contributed by atoms with Gasteiger partial charge in [-0.05, 0) is 37.0 Å². The van der Waals surface area contributed by atoms with Crippen molar-refractivity contribution in [2.24, 2.45) is 0 Å². The summed E-state index contributed by atoms with van der Waals surface area (Å²) in [5, 5.41) is 13.4. The lowest BCUT2D eigenvalue weighted by Crippen LogP contribution is -2.35. The number of aromatic nitrogens is 2. The fourth-order valence-electron chi connectivity index (χ4n) is 2.61. The Morgan fingerprint density at radius 1 is 1.32 bits per heavy atom. The van der Waals surface area contributed by atoms with Crippen molar-refractivity contribution in [2.75, 3.05) is 13.2 Å². The minimum Gasteiger partial charge on any atom is -0.395 e. The minimum atomic E-state index is 0.0359. The molecule has 3 rings (SSSR count). The van der Waals surface area contributed by atoms with Crippen LogP contribution in [0.1, 0.15) is 24.8 Å². The molecule has 0 saturated heterocycles. The van der Waals surface area contributed by atoms with E-state index in [9.17, 15) is 4.79 Å². The zero-order valence-electron chi connectivity index (χ0n) is 12.6. The Morgan fingerprint density at radius 3 is 2.77 bits per heavy atom. The lowest BCUT2D eigenvalue weighted by atomic mass is 10.2. The molecule has 1 aromatic carbocycles. The van der Waals surface area contributed by atoms with Crippen LogP contribution in [0.15, 0.2) is 42.7 Å². The van der Waals surface area contributed by atoms with Crippen LogP contribution in [0.2, 0.25) is 0 Å². The van der Waals surface area contributed by atoms with Gasteiger partial charge in [-0.1, -0.05) is 18.2 Å². The summed E-state index contributed by atoms with van der Waals surface area (Å²) in [4.78, 5) is 14.1. The minimum absolute atomic E-state index is 0.0359. The van der Waals surface area contributed by atoms with Crippen LogP contribution in [0.5, 0.6) is 0 Å². The van der Waals surface area contributed by atoms with E-state index in [1.165, 1.54) is 0 Å². The second-order valence-electron chi connectivity index (χ2n) is 5.67. The van der Waals surface area contributed by atoms with E-state index in [0.717, 1.165) is 24.1 Å². The molecule has 2 aromatic rings. The first-order valence-electron chi connectivity index (χ1n) is 7.77. The lowest BCUT2D eigenvalue weighted by molar-refractivity contribution is -0.132. The van der Waals surface area contributed by atoms with Gasteiger partial charge in [0.1, 0.15) is 0 Å². The number of rotatable bonds is 7. The van der Waals surface area contributed by atoms with Crippen molar-refractivity contribution in [1.82, 2.24) is 14.7 Å². The molecule has 1 saturated carbocycles. The zero-order chi connectivity index (χ0) is 15.4. The predicted molar refractivity (Wildman–Crippen MR) is 83.7 cm³/mol. The van der Waals surface area contributed by atoms with Crippen LogP contribution >= 0.6 is 0 Å². The number of amides is 1. The van der Waals surface area contributed by atoms with Gasteiger partial charge in [0.2, 0.25) is 5.91 Å². The molecule has 1 aliphatic carbocycles. The third kappa shape index (κ3) is 3.54. The van der Waals surface area contributed by atoms with Gasteiger partial charge in [0.15, 0.2) is 0 Å². The van der Waals surface area contributed by atoms with Gasteiger partial charge in [-0.15, -0.1) is 0 Å². The van der Waals surface area contributed by atoms with Crippen molar-refractivity contribution >= 4 is 5.91 Å². The molecule has 0 unspecified atom stereocenters. The summed E-state index contributed by atoms with van der Waals surface area (Å²) in [5.41, 5.74) is 2.07. The Hall–Kier alpha value is -2.14. The number of para-hydroxylation sites is 1. The van der Waals surface area contributed by atoms with E-state index < -0.39 is 0 Å². The van der Waals surface area contributed by atoms with Gasteiger partial charge >= 0.3 is 0 Å². The van der Waals surface area contributed by atoms with Crippen LogP contribution in [0.3, 0.4) is 0 Å². The van der Waals surface area contributed by atoms with Crippen LogP contribution in [-0.2, 0) is 11.2 Å². The number of hydrogen-bond donors (Lipinski definition) is 1. The van der Waals surface area contributed by atoms with Crippen molar-refractivity contribution in [2.45, 2.75) is 31.7 Å². The summed E-state index contributed by atoms with van der Waals surface area (Å²) in [6.07, 6.45) is 7.07. The maximum absolute atomic E-state index is 12.3. The SMILES string of the molecule is O=C(CCc1cnn(-c2ccccc2)c1)N(CCO)C1CC1. The van der Waals surface area contributed by atoms with E-state index >= 15 is 0 Å². The van der Waals surface area contributed by atoms with Crippen molar-refractivity contribution in [3.63, 3.8) is 0 Å². The highest BCUT2D eigenvalue weighted by atomic mass is 16.3. The molecule has 5 nitrogen and oxygen atoms in total. The Bertz CT molecular complexity index is 620. The Morgan fingerprint density at radius 2 is 2.09 bits per heavy atom. The molecule has 0 bridgehead atoms. The van der Waals surface area contributed by atoms with Gasteiger partial charge < -0.3 is 10.0 Å². The fourth-order valence-corrected chi connectivity index (χ4v) is 2.61. The van der Waals surface area contributed by atoms with E-state index in [-0.39, 0.29) is 12.5 Å². The highest BCUT2D eigenvalue weighted by Crippen LogP contribution is 2.27. The molecule has 116 valence electrons. The molecule has 1 fully saturated rings. The normalized spacial score (nSPS) is 14.0. The standard InChI is InChI=1S/C17H21N3O2/c21-11-10-19(15-7-8-15)17(22)9-6-14-12-18-20(13-14)16-4-2-1-3-5-16/h1-5,12-13,15,21H,6-11H2. The molecule has 1 aromatic heterocycles. The van der Waals surface area contributed by atoms with Crippen LogP contribution in [0.4, 0.5) is 0 Å². The number of benzene rings is 1. The molecule has 22 heavy (non-hydrogen) atoms. The first kappa shape index (κ1) is 14.8. The first-order chi connectivity index (χ1) is 10.8. The summed E-state index contributed by atoms with van der Waals surface area (Å²) in [6, 6.07) is 10.3. The fraction of sp³-hybridized carbons (Fsp3) is 0.412. The highest BCUT2D eigenvalue weighted by Gasteiger charge is 2.31. The number of nitrogens with zero attached hydrogens (tertiary/aromatic N) is 3. The molecule has 1 heterocycles. The van der Waals surface area contributed by atoms with Gasteiger partial charge in [0.05, 0.1) is 18.5 Å². The van der Waals surface area contributed by atoms with Gasteiger partial charge in [-0.25, -0.2) is 4.68 Å². The Balaban J connectivity index is 1.57. The van der Waals surface area contributed by atoms with Crippen LogP contribution < -0.4 is 0 Å². The summed E-state index contributed by atoms with van der Waals surface area (Å²) in [6.45, 7) is 0.487. The third-order valence-electron chi connectivity index (χ3n) is 3.93. The summed E-state index contributed by atoms with van der Waals surface area (Å²) in [7, 11) is 0. The Kier molecular flexibility index (Phi) is 4.53. The summed E-state index contributed by atoms with van der Waals surface area (Å²) < 4.78 is 1.83. The van der Waals surface area contributed by atoms with Gasteiger partial charge in [0, 0.05) is 25.2 Å². The molecule has 0 aliphatic heterocycles. The predicted octanol–water partition coefficient (Wildman–Crippen LogP) is 1.79. The third-order valence-corrected chi connectivity index (χ3v) is 3.93. The van der Waals surface area contributed by atoms with E-state index in [1.54, 1.807) is 0 Å². The topological polar surface area (TPSA) is 58.4 Å². The van der Waals surface area contributed by atoms with E-state index in [1.807, 2.05) is 52.3 Å². The van der Waals surface area contributed by atoms with E-state index in [0.29, 0.717) is 25.4 Å². The molecular weight excluding hydrogens is 278 g/mol.